The molecule has 0 radical (unpaired) electrons. The molecule has 0 aliphatic heterocycles. The van der Waals surface area contributed by atoms with E-state index in [9.17, 15) is 4.79 Å². The number of nitrogen functional groups attached to an aromatic ring is 1. The fraction of sp³-hybridized carbons (Fsp3) is 0.636. The molecular weight excluding hydrogens is 204 g/mol. The van der Waals surface area contributed by atoms with E-state index in [0.29, 0.717) is 11.4 Å². The van der Waals surface area contributed by atoms with Crippen molar-refractivity contribution in [1.29, 1.82) is 0 Å². The van der Waals surface area contributed by atoms with E-state index in [1.165, 1.54) is 25.5 Å². The molecule has 2 rings (SSSR count). The van der Waals surface area contributed by atoms with Crippen LogP contribution < -0.4 is 11.1 Å². The maximum absolute atomic E-state index is 11.9. The number of H-pyrrole nitrogens is 1. The normalized spacial score (nSPS) is 19.3. The molecule has 1 aliphatic carbocycles. The lowest BCUT2D eigenvalue weighted by Crippen LogP contribution is -2.47. The molecule has 5 heteroatoms. The van der Waals surface area contributed by atoms with Crippen LogP contribution in [0.1, 0.15) is 49.5 Å². The van der Waals surface area contributed by atoms with E-state index in [1.807, 2.05) is 0 Å². The zero-order valence-electron chi connectivity index (χ0n) is 9.55. The summed E-state index contributed by atoms with van der Waals surface area (Å²) < 4.78 is 0. The monoisotopic (exact) mass is 222 g/mol. The standard InChI is InChI=1S/C11H18N4O/c1-11(5-3-2-4-6-11)14-10(16)9-8(12)7-13-15-9/h7H,2-6,12H2,1H3,(H,13,15)(H,14,16). The van der Waals surface area contributed by atoms with Crippen molar-refractivity contribution in [3.63, 3.8) is 0 Å². The van der Waals surface area contributed by atoms with Gasteiger partial charge in [0.05, 0.1) is 11.9 Å². The number of nitrogens with two attached hydrogens (primary N) is 1. The Morgan fingerprint density at radius 2 is 2.19 bits per heavy atom. The number of rotatable bonds is 2. The minimum absolute atomic E-state index is 0.0904. The first-order valence-electron chi connectivity index (χ1n) is 5.72. The molecule has 16 heavy (non-hydrogen) atoms. The van der Waals surface area contributed by atoms with Crippen LogP contribution in [0, 0.1) is 0 Å². The summed E-state index contributed by atoms with van der Waals surface area (Å²) in [6.45, 7) is 2.09. The Morgan fingerprint density at radius 1 is 1.50 bits per heavy atom. The van der Waals surface area contributed by atoms with Gasteiger partial charge in [-0.2, -0.15) is 5.10 Å². The van der Waals surface area contributed by atoms with Crippen LogP contribution in [0.15, 0.2) is 6.20 Å². The van der Waals surface area contributed by atoms with Gasteiger partial charge in [0.1, 0.15) is 5.69 Å². The third kappa shape index (κ3) is 2.18. The van der Waals surface area contributed by atoms with Crippen LogP contribution in [-0.2, 0) is 0 Å². The number of aromatic amines is 1. The summed E-state index contributed by atoms with van der Waals surface area (Å²) in [5.41, 5.74) is 6.31. The highest BCUT2D eigenvalue weighted by Gasteiger charge is 2.29. The Kier molecular flexibility index (Phi) is 2.85. The van der Waals surface area contributed by atoms with Gasteiger partial charge in [0.15, 0.2) is 0 Å². The summed E-state index contributed by atoms with van der Waals surface area (Å²) in [5.74, 6) is -0.153. The zero-order valence-corrected chi connectivity index (χ0v) is 9.55. The van der Waals surface area contributed by atoms with Crippen molar-refractivity contribution in [2.45, 2.75) is 44.6 Å². The van der Waals surface area contributed by atoms with Gasteiger partial charge in [-0.05, 0) is 19.8 Å². The number of aromatic nitrogens is 2. The number of amides is 1. The van der Waals surface area contributed by atoms with E-state index in [4.69, 9.17) is 5.73 Å². The van der Waals surface area contributed by atoms with Crippen molar-refractivity contribution >= 4 is 11.6 Å². The first-order chi connectivity index (χ1) is 7.61. The van der Waals surface area contributed by atoms with Crippen molar-refractivity contribution in [1.82, 2.24) is 15.5 Å². The van der Waals surface area contributed by atoms with Gasteiger partial charge < -0.3 is 11.1 Å². The van der Waals surface area contributed by atoms with Crippen LogP contribution in [-0.4, -0.2) is 21.6 Å². The molecule has 0 bridgehead atoms. The summed E-state index contributed by atoms with van der Waals surface area (Å²) in [7, 11) is 0. The molecule has 5 nitrogen and oxygen atoms in total. The van der Waals surface area contributed by atoms with Crippen molar-refractivity contribution in [2.24, 2.45) is 0 Å². The molecular formula is C11H18N4O. The summed E-state index contributed by atoms with van der Waals surface area (Å²) in [5, 5.41) is 9.42. The number of hydrogen-bond acceptors (Lipinski definition) is 3. The van der Waals surface area contributed by atoms with Gasteiger partial charge in [0.2, 0.25) is 0 Å². The van der Waals surface area contributed by atoms with Crippen molar-refractivity contribution in [2.75, 3.05) is 5.73 Å². The fourth-order valence-electron chi connectivity index (χ4n) is 2.27. The third-order valence-electron chi connectivity index (χ3n) is 3.27. The second-order valence-corrected chi connectivity index (χ2v) is 4.78. The summed E-state index contributed by atoms with van der Waals surface area (Å²) in [4.78, 5) is 11.9. The number of carbonyl (C=O) groups is 1. The molecule has 0 saturated heterocycles. The summed E-state index contributed by atoms with van der Waals surface area (Å²) in [6, 6.07) is 0. The van der Waals surface area contributed by atoms with E-state index in [0.717, 1.165) is 12.8 Å². The minimum atomic E-state index is -0.153. The van der Waals surface area contributed by atoms with Crippen LogP contribution in [0.2, 0.25) is 0 Å². The molecule has 1 saturated carbocycles. The third-order valence-corrected chi connectivity index (χ3v) is 3.27. The molecule has 1 fully saturated rings. The average molecular weight is 222 g/mol. The van der Waals surface area contributed by atoms with Crippen molar-refractivity contribution < 1.29 is 4.79 Å². The highest BCUT2D eigenvalue weighted by Crippen LogP contribution is 2.27. The van der Waals surface area contributed by atoms with E-state index in [1.54, 1.807) is 0 Å². The van der Waals surface area contributed by atoms with E-state index in [-0.39, 0.29) is 11.4 Å². The van der Waals surface area contributed by atoms with Gasteiger partial charge in [-0.1, -0.05) is 19.3 Å². The molecule has 1 aliphatic rings. The molecule has 1 amide bonds. The topological polar surface area (TPSA) is 83.8 Å². The fourth-order valence-corrected chi connectivity index (χ4v) is 2.27. The SMILES string of the molecule is CC1(NC(=O)c2[nH]ncc2N)CCCCC1. The second-order valence-electron chi connectivity index (χ2n) is 4.78. The lowest BCUT2D eigenvalue weighted by molar-refractivity contribution is 0.0878. The van der Waals surface area contributed by atoms with Crippen LogP contribution in [0.3, 0.4) is 0 Å². The van der Waals surface area contributed by atoms with Crippen LogP contribution >= 0.6 is 0 Å². The summed E-state index contributed by atoms with van der Waals surface area (Å²) in [6.07, 6.45) is 7.14. The number of nitrogens with one attached hydrogen (secondary N) is 2. The molecule has 0 aromatic carbocycles. The maximum Gasteiger partial charge on any atom is 0.271 e. The van der Waals surface area contributed by atoms with Gasteiger partial charge in [0.25, 0.3) is 5.91 Å². The first-order valence-corrected chi connectivity index (χ1v) is 5.72. The molecule has 0 unspecified atom stereocenters. The van der Waals surface area contributed by atoms with Crippen LogP contribution in [0.5, 0.6) is 0 Å². The lowest BCUT2D eigenvalue weighted by Gasteiger charge is -2.34. The molecule has 4 N–H and O–H groups in total. The van der Waals surface area contributed by atoms with E-state index in [2.05, 4.69) is 22.4 Å². The smallest absolute Gasteiger partial charge is 0.271 e. The minimum Gasteiger partial charge on any atom is -0.396 e. The summed E-state index contributed by atoms with van der Waals surface area (Å²) >= 11 is 0. The zero-order chi connectivity index (χ0) is 11.6. The maximum atomic E-state index is 11.9. The van der Waals surface area contributed by atoms with Crippen LogP contribution in [0.4, 0.5) is 5.69 Å². The molecule has 0 atom stereocenters. The van der Waals surface area contributed by atoms with Gasteiger partial charge in [-0.15, -0.1) is 0 Å². The van der Waals surface area contributed by atoms with Gasteiger partial charge in [-0.3, -0.25) is 9.89 Å². The predicted octanol–water partition coefficient (Wildman–Crippen LogP) is 1.44. The Bertz CT molecular complexity index is 379. The molecule has 88 valence electrons. The Morgan fingerprint density at radius 3 is 2.75 bits per heavy atom. The highest BCUT2D eigenvalue weighted by atomic mass is 16.2. The quantitative estimate of drug-likeness (QED) is 0.708. The van der Waals surface area contributed by atoms with Crippen molar-refractivity contribution in [3.8, 4) is 0 Å². The van der Waals surface area contributed by atoms with E-state index < -0.39 is 0 Å². The Hall–Kier alpha value is -1.52. The highest BCUT2D eigenvalue weighted by molar-refractivity contribution is 5.97. The first kappa shape index (κ1) is 11.0. The average Bonchev–Trinajstić information content (AvgIpc) is 2.65. The van der Waals surface area contributed by atoms with Crippen molar-refractivity contribution in [3.05, 3.63) is 11.9 Å². The molecule has 1 aromatic heterocycles. The van der Waals surface area contributed by atoms with Crippen LogP contribution in [0.25, 0.3) is 0 Å². The number of hydrogen-bond donors (Lipinski definition) is 3. The second kappa shape index (κ2) is 4.15. The number of anilines is 1. The van der Waals surface area contributed by atoms with Gasteiger partial charge in [-0.25, -0.2) is 0 Å². The molecule has 0 spiro atoms. The molecule has 1 aromatic rings. The Labute approximate surface area is 94.8 Å². The van der Waals surface area contributed by atoms with Gasteiger partial charge >= 0.3 is 0 Å². The van der Waals surface area contributed by atoms with Gasteiger partial charge in [0, 0.05) is 5.54 Å². The predicted molar refractivity (Wildman–Crippen MR) is 62.0 cm³/mol. The number of carbonyl (C=O) groups excluding carboxylic acids is 1. The lowest BCUT2D eigenvalue weighted by atomic mass is 9.83. The van der Waals surface area contributed by atoms with E-state index >= 15 is 0 Å². The molecule has 1 heterocycles. The largest absolute Gasteiger partial charge is 0.396 e. The Balaban J connectivity index is 2.04. The number of nitrogens with zero attached hydrogens (tertiary/aromatic N) is 1.